The van der Waals surface area contributed by atoms with Crippen LogP contribution in [0.1, 0.15) is 0 Å². The van der Waals surface area contributed by atoms with E-state index in [-0.39, 0.29) is 0 Å². The first-order valence-corrected chi connectivity index (χ1v) is 3.80. The fourth-order valence-electron chi connectivity index (χ4n) is 0.257. The smallest absolute Gasteiger partial charge is 0.268 e. The number of hydrogen-bond acceptors (Lipinski definition) is 3. The van der Waals surface area contributed by atoms with Gasteiger partial charge in [0.25, 0.3) is 10.1 Å². The zero-order valence-electron chi connectivity index (χ0n) is 4.94. The van der Waals surface area contributed by atoms with Gasteiger partial charge in [0.15, 0.2) is 0 Å². The average molecular weight is 152 g/mol. The van der Waals surface area contributed by atoms with Crippen LogP contribution in [-0.2, 0) is 14.9 Å². The van der Waals surface area contributed by atoms with Crippen molar-refractivity contribution < 1.29 is 17.7 Å². The molecule has 0 aromatic carbocycles. The van der Waals surface area contributed by atoms with Crippen molar-refractivity contribution in [3.8, 4) is 0 Å². The molecule has 0 unspecified atom stereocenters. The molecule has 0 aliphatic carbocycles. The normalized spacial score (nSPS) is 12.2. The highest BCUT2D eigenvalue weighted by atomic mass is 32.2. The Labute approximate surface area is 53.9 Å². The van der Waals surface area contributed by atoms with Crippen molar-refractivity contribution in [3.63, 3.8) is 0 Å². The summed E-state index contributed by atoms with van der Waals surface area (Å²) in [6.07, 6.45) is 2.39. The SMILES string of the molecule is COC=CCS(=O)(=O)O. The van der Waals surface area contributed by atoms with Crippen molar-refractivity contribution in [3.05, 3.63) is 12.3 Å². The third kappa shape index (κ3) is 7.45. The highest BCUT2D eigenvalue weighted by molar-refractivity contribution is 7.85. The van der Waals surface area contributed by atoms with E-state index in [0.29, 0.717) is 0 Å². The lowest BCUT2D eigenvalue weighted by atomic mass is 10.7. The number of methoxy groups -OCH3 is 1. The van der Waals surface area contributed by atoms with Crippen molar-refractivity contribution in [2.75, 3.05) is 12.9 Å². The van der Waals surface area contributed by atoms with E-state index in [2.05, 4.69) is 4.74 Å². The maximum absolute atomic E-state index is 9.95. The molecule has 0 heterocycles. The van der Waals surface area contributed by atoms with E-state index >= 15 is 0 Å². The Kier molecular flexibility index (Phi) is 3.26. The molecule has 0 aromatic rings. The Morgan fingerprint density at radius 2 is 2.22 bits per heavy atom. The van der Waals surface area contributed by atoms with E-state index in [1.807, 2.05) is 0 Å². The van der Waals surface area contributed by atoms with E-state index in [9.17, 15) is 8.42 Å². The van der Waals surface area contributed by atoms with Gasteiger partial charge in [0.1, 0.15) is 0 Å². The molecule has 0 aromatic heterocycles. The quantitative estimate of drug-likeness (QED) is 0.458. The third-order valence-electron chi connectivity index (χ3n) is 0.539. The predicted octanol–water partition coefficient (Wildman–Crippen LogP) is 0.0343. The van der Waals surface area contributed by atoms with Gasteiger partial charge in [0.05, 0.1) is 19.1 Å². The van der Waals surface area contributed by atoms with Crippen molar-refractivity contribution in [1.82, 2.24) is 0 Å². The molecule has 0 aliphatic heterocycles. The first kappa shape index (κ1) is 8.45. The Morgan fingerprint density at radius 1 is 1.67 bits per heavy atom. The Morgan fingerprint density at radius 3 is 2.56 bits per heavy atom. The van der Waals surface area contributed by atoms with Gasteiger partial charge < -0.3 is 4.74 Å². The van der Waals surface area contributed by atoms with Crippen LogP contribution in [0.5, 0.6) is 0 Å². The van der Waals surface area contributed by atoms with Gasteiger partial charge in [-0.1, -0.05) is 0 Å². The van der Waals surface area contributed by atoms with Gasteiger partial charge in [-0.05, 0) is 6.08 Å². The molecule has 0 fully saturated rings. The fraction of sp³-hybridized carbons (Fsp3) is 0.500. The summed E-state index contributed by atoms with van der Waals surface area (Å²) >= 11 is 0. The first-order chi connectivity index (χ1) is 4.06. The molecule has 0 spiro atoms. The molecule has 0 bridgehead atoms. The maximum Gasteiger partial charge on any atom is 0.268 e. The molecular formula is C4H8O4S. The van der Waals surface area contributed by atoms with Gasteiger partial charge >= 0.3 is 0 Å². The summed E-state index contributed by atoms with van der Waals surface area (Å²) in [5, 5.41) is 0. The zero-order chi connectivity index (χ0) is 7.33. The molecule has 0 saturated carbocycles. The monoisotopic (exact) mass is 152 g/mol. The van der Waals surface area contributed by atoms with Crippen LogP contribution >= 0.6 is 0 Å². The lowest BCUT2D eigenvalue weighted by Crippen LogP contribution is -2.00. The summed E-state index contributed by atoms with van der Waals surface area (Å²) in [6, 6.07) is 0. The van der Waals surface area contributed by atoms with Gasteiger partial charge in [-0.3, -0.25) is 4.55 Å². The molecule has 5 heteroatoms. The van der Waals surface area contributed by atoms with Gasteiger partial charge in [-0.15, -0.1) is 0 Å². The van der Waals surface area contributed by atoms with E-state index < -0.39 is 15.9 Å². The van der Waals surface area contributed by atoms with Gasteiger partial charge in [-0.2, -0.15) is 8.42 Å². The Hall–Kier alpha value is -0.550. The number of ether oxygens (including phenoxy) is 1. The molecule has 4 nitrogen and oxygen atoms in total. The predicted molar refractivity (Wildman–Crippen MR) is 32.6 cm³/mol. The first-order valence-electron chi connectivity index (χ1n) is 2.19. The summed E-state index contributed by atoms with van der Waals surface area (Å²) in [7, 11) is -2.47. The summed E-state index contributed by atoms with van der Waals surface area (Å²) in [4.78, 5) is 0. The minimum absolute atomic E-state index is 0.402. The third-order valence-corrected chi connectivity index (χ3v) is 1.15. The Bertz CT molecular complexity index is 179. The largest absolute Gasteiger partial charge is 0.505 e. The highest BCUT2D eigenvalue weighted by Gasteiger charge is 1.97. The summed E-state index contributed by atoms with van der Waals surface area (Å²) in [5.41, 5.74) is 0. The molecule has 54 valence electrons. The molecule has 0 radical (unpaired) electrons. The number of hydrogen-bond donors (Lipinski definition) is 1. The molecular weight excluding hydrogens is 144 g/mol. The molecule has 0 aliphatic rings. The van der Waals surface area contributed by atoms with Crippen LogP contribution in [0, 0.1) is 0 Å². The maximum atomic E-state index is 9.95. The second-order valence-corrected chi connectivity index (χ2v) is 2.85. The standard InChI is InChI=1S/C4H8O4S/c1-8-3-2-4-9(5,6)7/h2-3H,4H2,1H3,(H,5,6,7). The fourth-order valence-corrected chi connectivity index (χ4v) is 0.579. The van der Waals surface area contributed by atoms with E-state index in [0.717, 1.165) is 0 Å². The van der Waals surface area contributed by atoms with Gasteiger partial charge in [0, 0.05) is 0 Å². The van der Waals surface area contributed by atoms with Gasteiger partial charge in [-0.25, -0.2) is 0 Å². The van der Waals surface area contributed by atoms with Crippen LogP contribution in [0.4, 0.5) is 0 Å². The average Bonchev–Trinajstić information content (AvgIpc) is 1.63. The van der Waals surface area contributed by atoms with Crippen LogP contribution in [0.3, 0.4) is 0 Å². The summed E-state index contributed by atoms with van der Waals surface area (Å²) < 4.78 is 32.4. The minimum Gasteiger partial charge on any atom is -0.505 e. The lowest BCUT2D eigenvalue weighted by molar-refractivity contribution is 0.337. The second kappa shape index (κ2) is 3.47. The van der Waals surface area contributed by atoms with Crippen molar-refractivity contribution in [1.29, 1.82) is 0 Å². The van der Waals surface area contributed by atoms with E-state index in [4.69, 9.17) is 4.55 Å². The molecule has 0 atom stereocenters. The summed E-state index contributed by atoms with van der Waals surface area (Å²) in [6.45, 7) is 0. The summed E-state index contributed by atoms with van der Waals surface area (Å²) in [5.74, 6) is -0.402. The zero-order valence-corrected chi connectivity index (χ0v) is 5.76. The molecule has 0 rings (SSSR count). The van der Waals surface area contributed by atoms with Crippen LogP contribution in [-0.4, -0.2) is 25.8 Å². The minimum atomic E-state index is -3.86. The van der Waals surface area contributed by atoms with Crippen molar-refractivity contribution in [2.45, 2.75) is 0 Å². The van der Waals surface area contributed by atoms with E-state index in [1.165, 1.54) is 19.4 Å². The van der Waals surface area contributed by atoms with E-state index in [1.54, 1.807) is 0 Å². The molecule has 0 amide bonds. The molecule has 1 N–H and O–H groups in total. The molecule has 9 heavy (non-hydrogen) atoms. The van der Waals surface area contributed by atoms with Crippen LogP contribution in [0.25, 0.3) is 0 Å². The van der Waals surface area contributed by atoms with Crippen molar-refractivity contribution in [2.24, 2.45) is 0 Å². The Balaban J connectivity index is 3.65. The molecule has 0 saturated heterocycles. The van der Waals surface area contributed by atoms with Crippen LogP contribution < -0.4 is 0 Å². The van der Waals surface area contributed by atoms with Crippen LogP contribution in [0.15, 0.2) is 12.3 Å². The second-order valence-electron chi connectivity index (χ2n) is 1.36. The van der Waals surface area contributed by atoms with Crippen molar-refractivity contribution >= 4 is 10.1 Å². The highest BCUT2D eigenvalue weighted by Crippen LogP contribution is 1.82. The number of rotatable bonds is 3. The lowest BCUT2D eigenvalue weighted by Gasteiger charge is -1.86. The topological polar surface area (TPSA) is 63.6 Å². The van der Waals surface area contributed by atoms with Crippen LogP contribution in [0.2, 0.25) is 0 Å². The van der Waals surface area contributed by atoms with Gasteiger partial charge in [0.2, 0.25) is 0 Å².